The normalized spacial score (nSPS) is 56.0. The fraction of sp³-hybridized carbons (Fsp3) is 1.00. The molecule has 9 aliphatic rings. The van der Waals surface area contributed by atoms with Crippen molar-refractivity contribution >= 4 is 0 Å². The van der Waals surface area contributed by atoms with Gasteiger partial charge in [-0.1, -0.05) is 89.9 Å². The molecule has 0 aromatic carbocycles. The number of hydrogen-bond donors (Lipinski definition) is 0. The number of fused-ring (bicyclic) bond motifs is 8. The molecule has 236 valence electrons. The van der Waals surface area contributed by atoms with Gasteiger partial charge in [-0.25, -0.2) is 0 Å². The van der Waals surface area contributed by atoms with E-state index in [0.717, 1.165) is 94.7 Å². The smallest absolute Gasteiger partial charge is 0.0321 e. The first-order chi connectivity index (χ1) is 20.9. The predicted molar refractivity (Wildman–Crippen MR) is 176 cm³/mol. The van der Waals surface area contributed by atoms with E-state index in [-0.39, 0.29) is 0 Å². The summed E-state index contributed by atoms with van der Waals surface area (Å²) in [4.78, 5) is 0. The van der Waals surface area contributed by atoms with Gasteiger partial charge < -0.3 is 0 Å². The third kappa shape index (κ3) is 4.68. The maximum Gasteiger partial charge on any atom is -0.0321 e. The van der Waals surface area contributed by atoms with E-state index < -0.39 is 0 Å². The van der Waals surface area contributed by atoms with Gasteiger partial charge in [0.05, 0.1) is 0 Å². The lowest BCUT2D eigenvalue weighted by Crippen LogP contribution is -2.58. The van der Waals surface area contributed by atoms with Crippen LogP contribution in [0.4, 0.5) is 0 Å². The van der Waals surface area contributed by atoms with Crippen LogP contribution in [-0.4, -0.2) is 0 Å². The summed E-state index contributed by atoms with van der Waals surface area (Å²) in [6.45, 7) is 0. The Labute approximate surface area is 261 Å². The monoisotopic (exact) mass is 573 g/mol. The van der Waals surface area contributed by atoms with Crippen LogP contribution >= 0.6 is 0 Å². The van der Waals surface area contributed by atoms with Crippen LogP contribution in [-0.2, 0) is 0 Å². The fourth-order valence-corrected chi connectivity index (χ4v) is 16.8. The van der Waals surface area contributed by atoms with Crippen LogP contribution < -0.4 is 0 Å². The number of hydrogen-bond acceptors (Lipinski definition) is 0. The molecule has 9 aliphatic carbocycles. The zero-order chi connectivity index (χ0) is 27.6. The maximum absolute atomic E-state index is 1.70. The molecule has 0 radical (unpaired) electrons. The molecule has 14 atom stereocenters. The first-order valence-electron chi connectivity index (χ1n) is 20.9. The second kappa shape index (κ2) is 12.0. The van der Waals surface area contributed by atoms with E-state index in [1.807, 2.05) is 0 Å². The van der Waals surface area contributed by atoms with Gasteiger partial charge in [0, 0.05) is 0 Å². The minimum Gasteiger partial charge on any atom is -0.0530 e. The molecule has 0 N–H and O–H groups in total. The van der Waals surface area contributed by atoms with Crippen molar-refractivity contribution < 1.29 is 0 Å². The van der Waals surface area contributed by atoms with E-state index in [2.05, 4.69) is 0 Å². The second-order valence-electron chi connectivity index (χ2n) is 18.8. The van der Waals surface area contributed by atoms with Crippen LogP contribution in [0.15, 0.2) is 0 Å². The molecule has 9 rings (SSSR count). The van der Waals surface area contributed by atoms with E-state index >= 15 is 0 Å². The molecule has 0 aromatic heterocycles. The Kier molecular flexibility index (Phi) is 8.06. The minimum absolute atomic E-state index is 1.13. The van der Waals surface area contributed by atoms with Crippen molar-refractivity contribution in [2.45, 2.75) is 167 Å². The average molecular weight is 573 g/mol. The van der Waals surface area contributed by atoms with E-state index in [9.17, 15) is 0 Å². The molecule has 9 fully saturated rings. The van der Waals surface area contributed by atoms with Gasteiger partial charge in [-0.15, -0.1) is 0 Å². The molecule has 0 aromatic rings. The van der Waals surface area contributed by atoms with E-state index in [0.29, 0.717) is 0 Å². The standard InChI is InChI=1S/C42H68/c1-3-15-29-27(13-1)25-39(33-19-7-5-17-31(29)33)41-35-21-9-11-23-37(35)42(38-24-12-10-22-36(38)41)40-26-28-14-2-4-16-30(28)32-18-6-8-20-34(32)40/h27-42H,1-26H2. The molecule has 0 aliphatic heterocycles. The second-order valence-corrected chi connectivity index (χ2v) is 18.8. The van der Waals surface area contributed by atoms with Gasteiger partial charge in [0.15, 0.2) is 0 Å². The van der Waals surface area contributed by atoms with Crippen molar-refractivity contribution in [2.24, 2.45) is 94.7 Å². The first kappa shape index (κ1) is 28.2. The number of rotatable bonds is 2. The Balaban J connectivity index is 1.07. The summed E-state index contributed by atoms with van der Waals surface area (Å²) < 4.78 is 0. The molecule has 42 heavy (non-hydrogen) atoms. The van der Waals surface area contributed by atoms with E-state index in [4.69, 9.17) is 0 Å². The van der Waals surface area contributed by atoms with Crippen LogP contribution in [0.1, 0.15) is 167 Å². The lowest BCUT2D eigenvalue weighted by molar-refractivity contribution is -0.161. The van der Waals surface area contributed by atoms with Crippen molar-refractivity contribution in [1.29, 1.82) is 0 Å². The Morgan fingerprint density at radius 3 is 0.762 bits per heavy atom. The zero-order valence-corrected chi connectivity index (χ0v) is 27.6. The average Bonchev–Trinajstić information content (AvgIpc) is 3.06. The highest BCUT2D eigenvalue weighted by Crippen LogP contribution is 2.67. The summed E-state index contributed by atoms with van der Waals surface area (Å²) in [5.74, 6) is 18.3. The third-order valence-corrected chi connectivity index (χ3v) is 17.8. The fourth-order valence-electron chi connectivity index (χ4n) is 16.8. The quantitative estimate of drug-likeness (QED) is 0.309. The highest BCUT2D eigenvalue weighted by molar-refractivity contribution is 5.09. The van der Waals surface area contributed by atoms with Gasteiger partial charge in [0.25, 0.3) is 0 Å². The van der Waals surface area contributed by atoms with Gasteiger partial charge in [-0.2, -0.15) is 0 Å². The van der Waals surface area contributed by atoms with Crippen molar-refractivity contribution in [3.63, 3.8) is 0 Å². The lowest BCUT2D eigenvalue weighted by Gasteiger charge is -2.65. The molecular formula is C42H68. The van der Waals surface area contributed by atoms with Crippen molar-refractivity contribution in [3.05, 3.63) is 0 Å². The highest BCUT2D eigenvalue weighted by Gasteiger charge is 2.60. The Bertz CT molecular complexity index is 821. The molecule has 0 nitrogen and oxygen atoms in total. The predicted octanol–water partition coefficient (Wildman–Crippen LogP) is 12.1. The van der Waals surface area contributed by atoms with Crippen LogP contribution in [0.5, 0.6) is 0 Å². The summed E-state index contributed by atoms with van der Waals surface area (Å²) in [5.41, 5.74) is 0. The minimum atomic E-state index is 1.13. The van der Waals surface area contributed by atoms with Crippen molar-refractivity contribution in [3.8, 4) is 0 Å². The summed E-state index contributed by atoms with van der Waals surface area (Å²) in [7, 11) is 0. The molecule has 0 amide bonds. The Morgan fingerprint density at radius 1 is 0.190 bits per heavy atom. The molecule has 0 heteroatoms. The van der Waals surface area contributed by atoms with Gasteiger partial charge >= 0.3 is 0 Å². The zero-order valence-electron chi connectivity index (χ0n) is 27.6. The molecule has 0 bridgehead atoms. The SMILES string of the molecule is C1CCC2C(C1)CC(C1C3CCCCC3C(C3CC4CCCCC4C4CCCCC43)C3CCCCC31)C1CCCCC21. The molecular weight excluding hydrogens is 504 g/mol. The molecule has 0 spiro atoms. The summed E-state index contributed by atoms with van der Waals surface area (Å²) in [5, 5.41) is 0. The molecule has 0 saturated heterocycles. The van der Waals surface area contributed by atoms with Gasteiger partial charge in [0.1, 0.15) is 0 Å². The van der Waals surface area contributed by atoms with Crippen LogP contribution in [0, 0.1) is 94.7 Å². The summed E-state index contributed by atoms with van der Waals surface area (Å²) >= 11 is 0. The molecule has 9 saturated carbocycles. The molecule has 14 unspecified atom stereocenters. The van der Waals surface area contributed by atoms with Gasteiger partial charge in [-0.05, 0) is 172 Å². The van der Waals surface area contributed by atoms with Crippen LogP contribution in [0.25, 0.3) is 0 Å². The van der Waals surface area contributed by atoms with Crippen LogP contribution in [0.3, 0.4) is 0 Å². The van der Waals surface area contributed by atoms with E-state index in [1.54, 1.807) is 167 Å². The summed E-state index contributed by atoms with van der Waals surface area (Å²) in [6, 6.07) is 0. The maximum atomic E-state index is 1.70. The topological polar surface area (TPSA) is 0 Å². The summed E-state index contributed by atoms with van der Waals surface area (Å²) in [6.07, 6.45) is 42.0. The van der Waals surface area contributed by atoms with E-state index in [1.165, 1.54) is 0 Å². The van der Waals surface area contributed by atoms with Crippen molar-refractivity contribution in [1.82, 2.24) is 0 Å². The third-order valence-electron chi connectivity index (χ3n) is 17.8. The lowest BCUT2D eigenvalue weighted by atomic mass is 9.40. The Morgan fingerprint density at radius 2 is 0.429 bits per heavy atom. The van der Waals surface area contributed by atoms with Crippen molar-refractivity contribution in [2.75, 3.05) is 0 Å². The highest BCUT2D eigenvalue weighted by atomic mass is 14.6. The largest absolute Gasteiger partial charge is 0.0530 e. The first-order valence-corrected chi connectivity index (χ1v) is 20.9. The van der Waals surface area contributed by atoms with Gasteiger partial charge in [-0.3, -0.25) is 0 Å². The Hall–Kier alpha value is 0. The van der Waals surface area contributed by atoms with Gasteiger partial charge in [0.2, 0.25) is 0 Å². The molecule has 0 heterocycles. The van der Waals surface area contributed by atoms with Crippen LogP contribution in [0.2, 0.25) is 0 Å².